The quantitative estimate of drug-likeness (QED) is 0.749. The van der Waals surface area contributed by atoms with E-state index < -0.39 is 0 Å². The van der Waals surface area contributed by atoms with Gasteiger partial charge in [-0.1, -0.05) is 26.0 Å². The Morgan fingerprint density at radius 2 is 1.96 bits per heavy atom. The molecule has 1 fully saturated rings. The average molecular weight is 319 g/mol. The zero-order chi connectivity index (χ0) is 16.8. The Hall–Kier alpha value is -2.08. The Labute approximate surface area is 137 Å². The summed E-state index contributed by atoms with van der Waals surface area (Å²) in [7, 11) is 0. The number of carbonyl (C=O) groups excluding carboxylic acids is 2. The minimum absolute atomic E-state index is 0.0447. The normalized spacial score (nSPS) is 14.7. The van der Waals surface area contributed by atoms with Crippen LogP contribution in [-0.2, 0) is 4.79 Å². The maximum absolute atomic E-state index is 12.4. The van der Waals surface area contributed by atoms with Crippen LogP contribution >= 0.6 is 0 Å². The number of nitrogens with one attached hydrogen (secondary N) is 1. The number of amides is 3. The molecule has 0 aliphatic carbocycles. The van der Waals surface area contributed by atoms with Crippen molar-refractivity contribution in [2.75, 3.05) is 37.7 Å². The smallest absolute Gasteiger partial charge is 0.325 e. The molecule has 0 saturated carbocycles. The summed E-state index contributed by atoms with van der Waals surface area (Å²) in [6.45, 7) is 5.92. The SMILES string of the molecule is CC(C)c1ccc(N2CCN(CC(=O)NCCCO)C2=O)cc1. The lowest BCUT2D eigenvalue weighted by atomic mass is 10.0. The molecule has 1 saturated heterocycles. The van der Waals surface area contributed by atoms with E-state index in [1.165, 1.54) is 5.56 Å². The number of rotatable bonds is 7. The van der Waals surface area contributed by atoms with Crippen LogP contribution in [0, 0.1) is 0 Å². The van der Waals surface area contributed by atoms with E-state index in [2.05, 4.69) is 19.2 Å². The fourth-order valence-electron chi connectivity index (χ4n) is 2.54. The number of hydrogen-bond donors (Lipinski definition) is 2. The average Bonchev–Trinajstić information content (AvgIpc) is 2.88. The number of carbonyl (C=O) groups is 2. The summed E-state index contributed by atoms with van der Waals surface area (Å²) in [5.41, 5.74) is 2.10. The molecular weight excluding hydrogens is 294 g/mol. The number of urea groups is 1. The second-order valence-corrected chi connectivity index (χ2v) is 6.03. The minimum Gasteiger partial charge on any atom is -0.396 e. The summed E-state index contributed by atoms with van der Waals surface area (Å²) in [5, 5.41) is 11.4. The first-order valence-corrected chi connectivity index (χ1v) is 8.07. The van der Waals surface area contributed by atoms with Crippen molar-refractivity contribution in [1.82, 2.24) is 10.2 Å². The molecule has 0 bridgehead atoms. The molecule has 6 nitrogen and oxygen atoms in total. The standard InChI is InChI=1S/C17H25N3O3/c1-13(2)14-4-6-15(7-5-14)20-10-9-19(17(20)23)12-16(22)18-8-3-11-21/h4-7,13,21H,3,8-12H2,1-2H3,(H,18,22). The fraction of sp³-hybridized carbons (Fsp3) is 0.529. The van der Waals surface area contributed by atoms with Gasteiger partial charge in [-0.2, -0.15) is 0 Å². The molecule has 0 atom stereocenters. The molecule has 1 heterocycles. The summed E-state index contributed by atoms with van der Waals surface area (Å²) in [4.78, 5) is 27.4. The van der Waals surface area contributed by atoms with Crippen LogP contribution in [0.1, 0.15) is 31.7 Å². The van der Waals surface area contributed by atoms with Gasteiger partial charge in [0.05, 0.1) is 0 Å². The van der Waals surface area contributed by atoms with Gasteiger partial charge in [0.1, 0.15) is 6.54 Å². The molecule has 2 N–H and O–H groups in total. The van der Waals surface area contributed by atoms with E-state index in [0.29, 0.717) is 32.0 Å². The van der Waals surface area contributed by atoms with Crippen molar-refractivity contribution in [2.24, 2.45) is 0 Å². The van der Waals surface area contributed by atoms with Gasteiger partial charge in [0, 0.05) is 31.9 Å². The van der Waals surface area contributed by atoms with Crippen LogP contribution in [0.5, 0.6) is 0 Å². The molecule has 0 radical (unpaired) electrons. The largest absolute Gasteiger partial charge is 0.396 e. The lowest BCUT2D eigenvalue weighted by Crippen LogP contribution is -2.40. The van der Waals surface area contributed by atoms with Gasteiger partial charge in [0.25, 0.3) is 0 Å². The monoisotopic (exact) mass is 319 g/mol. The van der Waals surface area contributed by atoms with Crippen molar-refractivity contribution in [3.63, 3.8) is 0 Å². The van der Waals surface area contributed by atoms with E-state index in [-0.39, 0.29) is 25.1 Å². The highest BCUT2D eigenvalue weighted by molar-refractivity contribution is 5.96. The lowest BCUT2D eigenvalue weighted by Gasteiger charge is -2.19. The lowest BCUT2D eigenvalue weighted by molar-refractivity contribution is -0.121. The Kier molecular flexibility index (Phi) is 5.98. The third-order valence-corrected chi connectivity index (χ3v) is 3.96. The summed E-state index contributed by atoms with van der Waals surface area (Å²) in [6, 6.07) is 7.85. The predicted molar refractivity (Wildman–Crippen MR) is 89.6 cm³/mol. The topological polar surface area (TPSA) is 72.9 Å². The van der Waals surface area contributed by atoms with Gasteiger partial charge < -0.3 is 15.3 Å². The highest BCUT2D eigenvalue weighted by atomic mass is 16.3. The van der Waals surface area contributed by atoms with E-state index in [4.69, 9.17) is 5.11 Å². The molecule has 0 aromatic heterocycles. The van der Waals surface area contributed by atoms with Gasteiger partial charge in [-0.25, -0.2) is 4.79 Å². The van der Waals surface area contributed by atoms with E-state index in [1.54, 1.807) is 9.80 Å². The minimum atomic E-state index is -0.191. The number of anilines is 1. The molecule has 1 aliphatic rings. The predicted octanol–water partition coefficient (Wildman–Crippen LogP) is 1.55. The molecule has 2 rings (SSSR count). The number of aliphatic hydroxyl groups is 1. The maximum atomic E-state index is 12.4. The van der Waals surface area contributed by atoms with Gasteiger partial charge in [-0.3, -0.25) is 9.69 Å². The number of nitrogens with zero attached hydrogens (tertiary/aromatic N) is 2. The summed E-state index contributed by atoms with van der Waals surface area (Å²) >= 11 is 0. The van der Waals surface area contributed by atoms with Crippen LogP contribution in [0.15, 0.2) is 24.3 Å². The van der Waals surface area contributed by atoms with E-state index in [0.717, 1.165) is 5.69 Å². The Morgan fingerprint density at radius 3 is 2.57 bits per heavy atom. The van der Waals surface area contributed by atoms with Gasteiger partial charge in [0.2, 0.25) is 5.91 Å². The summed E-state index contributed by atoms with van der Waals surface area (Å²) in [6.07, 6.45) is 0.522. The zero-order valence-corrected chi connectivity index (χ0v) is 13.8. The van der Waals surface area contributed by atoms with Crippen molar-refractivity contribution in [3.05, 3.63) is 29.8 Å². The van der Waals surface area contributed by atoms with Crippen molar-refractivity contribution < 1.29 is 14.7 Å². The first-order valence-electron chi connectivity index (χ1n) is 8.07. The van der Waals surface area contributed by atoms with Crippen molar-refractivity contribution in [2.45, 2.75) is 26.2 Å². The molecule has 3 amide bonds. The molecule has 126 valence electrons. The van der Waals surface area contributed by atoms with Gasteiger partial charge in [-0.05, 0) is 30.0 Å². The molecular formula is C17H25N3O3. The Morgan fingerprint density at radius 1 is 1.26 bits per heavy atom. The molecule has 1 aliphatic heterocycles. The summed E-state index contributed by atoms with van der Waals surface area (Å²) < 4.78 is 0. The van der Waals surface area contributed by atoms with Crippen molar-refractivity contribution in [3.8, 4) is 0 Å². The molecule has 1 aromatic rings. The third-order valence-electron chi connectivity index (χ3n) is 3.96. The first kappa shape index (κ1) is 17.3. The van der Waals surface area contributed by atoms with Gasteiger partial charge in [0.15, 0.2) is 0 Å². The first-order chi connectivity index (χ1) is 11.0. The van der Waals surface area contributed by atoms with Crippen LogP contribution in [0.4, 0.5) is 10.5 Å². The van der Waals surface area contributed by atoms with Crippen LogP contribution < -0.4 is 10.2 Å². The van der Waals surface area contributed by atoms with Crippen LogP contribution in [-0.4, -0.2) is 54.7 Å². The van der Waals surface area contributed by atoms with Gasteiger partial charge in [-0.15, -0.1) is 0 Å². The molecule has 6 heteroatoms. The van der Waals surface area contributed by atoms with Crippen LogP contribution in [0.3, 0.4) is 0 Å². The highest BCUT2D eigenvalue weighted by Gasteiger charge is 2.30. The van der Waals surface area contributed by atoms with Crippen LogP contribution in [0.2, 0.25) is 0 Å². The maximum Gasteiger partial charge on any atom is 0.325 e. The van der Waals surface area contributed by atoms with Gasteiger partial charge >= 0.3 is 6.03 Å². The zero-order valence-electron chi connectivity index (χ0n) is 13.8. The van der Waals surface area contributed by atoms with E-state index in [9.17, 15) is 9.59 Å². The Bertz CT molecular complexity index is 543. The number of aliphatic hydroxyl groups excluding tert-OH is 1. The summed E-state index contributed by atoms with van der Waals surface area (Å²) in [5.74, 6) is 0.265. The molecule has 0 spiro atoms. The van der Waals surface area contributed by atoms with E-state index in [1.807, 2.05) is 24.3 Å². The third kappa shape index (κ3) is 4.45. The molecule has 1 aromatic carbocycles. The second kappa shape index (κ2) is 7.97. The second-order valence-electron chi connectivity index (χ2n) is 6.03. The highest BCUT2D eigenvalue weighted by Crippen LogP contribution is 2.23. The van der Waals surface area contributed by atoms with Crippen molar-refractivity contribution in [1.29, 1.82) is 0 Å². The number of hydrogen-bond acceptors (Lipinski definition) is 3. The Balaban J connectivity index is 1.92. The number of benzene rings is 1. The van der Waals surface area contributed by atoms with E-state index >= 15 is 0 Å². The van der Waals surface area contributed by atoms with Crippen LogP contribution in [0.25, 0.3) is 0 Å². The fourth-order valence-corrected chi connectivity index (χ4v) is 2.54. The molecule has 23 heavy (non-hydrogen) atoms. The molecule has 0 unspecified atom stereocenters. The van der Waals surface area contributed by atoms with Crippen molar-refractivity contribution >= 4 is 17.6 Å².